The number of rotatable bonds is 3. The summed E-state index contributed by atoms with van der Waals surface area (Å²) in [6.45, 7) is 1.81. The second kappa shape index (κ2) is 6.23. The van der Waals surface area contributed by atoms with Crippen molar-refractivity contribution >= 4 is 5.82 Å². The van der Waals surface area contributed by atoms with Crippen molar-refractivity contribution in [1.29, 1.82) is 0 Å². The van der Waals surface area contributed by atoms with Crippen LogP contribution in [-0.2, 0) is 11.8 Å². The molecule has 0 radical (unpaired) electrons. The third-order valence-corrected chi connectivity index (χ3v) is 6.78. The quantitative estimate of drug-likeness (QED) is 0.738. The van der Waals surface area contributed by atoms with Crippen LogP contribution in [0.15, 0.2) is 35.6 Å². The topological polar surface area (TPSA) is 92.6 Å². The third kappa shape index (κ3) is 2.77. The van der Waals surface area contributed by atoms with Gasteiger partial charge in [-0.3, -0.25) is 4.79 Å². The van der Waals surface area contributed by atoms with Crippen molar-refractivity contribution in [3.63, 3.8) is 0 Å². The van der Waals surface area contributed by atoms with E-state index in [1.165, 1.54) is 0 Å². The molecule has 0 unspecified atom stereocenters. The third-order valence-electron chi connectivity index (χ3n) is 6.78. The van der Waals surface area contributed by atoms with E-state index in [1.807, 2.05) is 18.3 Å². The van der Waals surface area contributed by atoms with Gasteiger partial charge in [0.1, 0.15) is 18.0 Å². The van der Waals surface area contributed by atoms with E-state index in [0.717, 1.165) is 80.3 Å². The fourth-order valence-electron chi connectivity index (χ4n) is 4.91. The van der Waals surface area contributed by atoms with Crippen LogP contribution >= 0.6 is 0 Å². The molecule has 0 bridgehead atoms. The summed E-state index contributed by atoms with van der Waals surface area (Å²) in [4.78, 5) is 31.8. The maximum Gasteiger partial charge on any atom is 0.254 e. The zero-order chi connectivity index (χ0) is 19.4. The standard InChI is InChI=1S/C21H23N7O/c29-20-15-4-5-21(18(15)25-19(26-20)14-2-3-14)6-10-27(11-7-21)16-12-17(23-13-22-16)28-9-1-8-24-28/h1,8-9,12-14H,2-7,10-11H2,(H,25,26,29). The summed E-state index contributed by atoms with van der Waals surface area (Å²) in [5, 5.41) is 4.26. The van der Waals surface area contributed by atoms with Gasteiger partial charge in [0, 0.05) is 48.4 Å². The van der Waals surface area contributed by atoms with E-state index in [0.29, 0.717) is 5.92 Å². The molecule has 29 heavy (non-hydrogen) atoms. The molecule has 8 heteroatoms. The summed E-state index contributed by atoms with van der Waals surface area (Å²) in [6.07, 6.45) is 11.4. The monoisotopic (exact) mass is 389 g/mol. The van der Waals surface area contributed by atoms with Crippen molar-refractivity contribution in [2.75, 3.05) is 18.0 Å². The number of aromatic amines is 1. The van der Waals surface area contributed by atoms with Crippen LogP contribution in [0.2, 0.25) is 0 Å². The van der Waals surface area contributed by atoms with Gasteiger partial charge in [-0.1, -0.05) is 0 Å². The minimum absolute atomic E-state index is 0.0432. The number of anilines is 1. The number of piperidine rings is 1. The van der Waals surface area contributed by atoms with Gasteiger partial charge in [-0.05, 0) is 44.6 Å². The van der Waals surface area contributed by atoms with Crippen molar-refractivity contribution in [3.8, 4) is 5.82 Å². The van der Waals surface area contributed by atoms with E-state index in [-0.39, 0.29) is 11.0 Å². The summed E-state index contributed by atoms with van der Waals surface area (Å²) >= 11 is 0. The van der Waals surface area contributed by atoms with Gasteiger partial charge in [-0.2, -0.15) is 5.10 Å². The fourth-order valence-corrected chi connectivity index (χ4v) is 4.91. The molecule has 1 saturated heterocycles. The molecule has 1 aliphatic heterocycles. The molecular formula is C21H23N7O. The number of nitrogens with one attached hydrogen (secondary N) is 1. The Bertz CT molecular complexity index is 1110. The molecule has 3 aromatic rings. The van der Waals surface area contributed by atoms with Gasteiger partial charge < -0.3 is 9.88 Å². The molecular weight excluding hydrogens is 366 g/mol. The Morgan fingerprint density at radius 1 is 1.10 bits per heavy atom. The number of H-pyrrole nitrogens is 1. The van der Waals surface area contributed by atoms with Crippen LogP contribution in [0.25, 0.3) is 5.82 Å². The number of fused-ring (bicyclic) bond motifs is 2. The second-order valence-corrected chi connectivity index (χ2v) is 8.51. The van der Waals surface area contributed by atoms with Crippen molar-refractivity contribution < 1.29 is 0 Å². The summed E-state index contributed by atoms with van der Waals surface area (Å²) in [7, 11) is 0. The minimum atomic E-state index is 0.0432. The Morgan fingerprint density at radius 3 is 2.69 bits per heavy atom. The van der Waals surface area contributed by atoms with E-state index in [2.05, 4.69) is 25.0 Å². The molecule has 0 atom stereocenters. The largest absolute Gasteiger partial charge is 0.356 e. The van der Waals surface area contributed by atoms with Crippen LogP contribution in [-0.4, -0.2) is 42.8 Å². The first-order valence-corrected chi connectivity index (χ1v) is 10.4. The zero-order valence-corrected chi connectivity index (χ0v) is 16.2. The first kappa shape index (κ1) is 16.9. The minimum Gasteiger partial charge on any atom is -0.356 e. The Labute approximate surface area is 168 Å². The molecule has 148 valence electrons. The van der Waals surface area contributed by atoms with E-state index < -0.39 is 0 Å². The van der Waals surface area contributed by atoms with E-state index in [1.54, 1.807) is 17.2 Å². The van der Waals surface area contributed by atoms with E-state index >= 15 is 0 Å². The van der Waals surface area contributed by atoms with Crippen molar-refractivity contribution in [1.82, 2.24) is 29.7 Å². The molecule has 2 fully saturated rings. The number of aromatic nitrogens is 6. The van der Waals surface area contributed by atoms with Crippen molar-refractivity contribution in [2.45, 2.75) is 49.9 Å². The van der Waals surface area contributed by atoms with Crippen LogP contribution in [0, 0.1) is 0 Å². The van der Waals surface area contributed by atoms with E-state index in [4.69, 9.17) is 4.98 Å². The first-order valence-electron chi connectivity index (χ1n) is 10.4. The van der Waals surface area contributed by atoms with Crippen LogP contribution in [0.3, 0.4) is 0 Å². The van der Waals surface area contributed by atoms with Gasteiger partial charge >= 0.3 is 0 Å². The van der Waals surface area contributed by atoms with E-state index in [9.17, 15) is 4.79 Å². The molecule has 1 saturated carbocycles. The maximum atomic E-state index is 12.6. The lowest BCUT2D eigenvalue weighted by atomic mass is 9.76. The highest BCUT2D eigenvalue weighted by Gasteiger charge is 2.44. The molecule has 1 spiro atoms. The Kier molecular flexibility index (Phi) is 3.63. The molecule has 3 aliphatic rings. The first-order chi connectivity index (χ1) is 14.2. The lowest BCUT2D eigenvalue weighted by molar-refractivity contribution is 0.321. The average molecular weight is 389 g/mol. The van der Waals surface area contributed by atoms with Crippen LogP contribution in [0.5, 0.6) is 0 Å². The number of nitrogens with zero attached hydrogens (tertiary/aromatic N) is 6. The van der Waals surface area contributed by atoms with Crippen LogP contribution < -0.4 is 10.5 Å². The van der Waals surface area contributed by atoms with Gasteiger partial charge in [0.15, 0.2) is 5.82 Å². The predicted octanol–water partition coefficient (Wildman–Crippen LogP) is 2.11. The van der Waals surface area contributed by atoms with Crippen molar-refractivity contribution in [3.05, 3.63) is 58.3 Å². The Morgan fingerprint density at radius 2 is 1.93 bits per heavy atom. The summed E-state index contributed by atoms with van der Waals surface area (Å²) in [5.41, 5.74) is 2.14. The molecule has 4 heterocycles. The SMILES string of the molecule is O=c1[nH]c(C2CC2)nc2c1CCC21CCN(c2cc(-n3cccn3)ncn2)CC1. The molecule has 3 aromatic heterocycles. The molecule has 0 amide bonds. The summed E-state index contributed by atoms with van der Waals surface area (Å²) in [6, 6.07) is 3.87. The Hall–Kier alpha value is -3.03. The highest BCUT2D eigenvalue weighted by Crippen LogP contribution is 2.46. The van der Waals surface area contributed by atoms with Gasteiger partial charge in [0.2, 0.25) is 0 Å². The second-order valence-electron chi connectivity index (χ2n) is 8.51. The molecule has 8 nitrogen and oxygen atoms in total. The molecule has 0 aromatic carbocycles. The average Bonchev–Trinajstić information content (AvgIpc) is 3.34. The van der Waals surface area contributed by atoms with Crippen LogP contribution in [0.1, 0.15) is 55.1 Å². The molecule has 6 rings (SSSR count). The molecule has 2 aliphatic carbocycles. The van der Waals surface area contributed by atoms with Crippen LogP contribution in [0.4, 0.5) is 5.82 Å². The number of hydrogen-bond acceptors (Lipinski definition) is 6. The van der Waals surface area contributed by atoms with Gasteiger partial charge in [0.05, 0.1) is 5.69 Å². The highest BCUT2D eigenvalue weighted by atomic mass is 16.1. The van der Waals surface area contributed by atoms with Gasteiger partial charge in [-0.15, -0.1) is 0 Å². The fraction of sp³-hybridized carbons (Fsp3) is 0.476. The van der Waals surface area contributed by atoms with Gasteiger partial charge in [-0.25, -0.2) is 19.6 Å². The van der Waals surface area contributed by atoms with Gasteiger partial charge in [0.25, 0.3) is 5.56 Å². The summed E-state index contributed by atoms with van der Waals surface area (Å²) in [5.74, 6) is 3.08. The lowest BCUT2D eigenvalue weighted by Gasteiger charge is -2.40. The highest BCUT2D eigenvalue weighted by molar-refractivity contribution is 5.45. The summed E-state index contributed by atoms with van der Waals surface area (Å²) < 4.78 is 1.75. The Balaban J connectivity index is 1.26. The maximum absolute atomic E-state index is 12.6. The predicted molar refractivity (Wildman–Crippen MR) is 107 cm³/mol. The molecule has 1 N–H and O–H groups in total. The number of hydrogen-bond donors (Lipinski definition) is 1. The normalized spacial score (nSPS) is 20.2. The lowest BCUT2D eigenvalue weighted by Crippen LogP contribution is -2.42. The zero-order valence-electron chi connectivity index (χ0n) is 16.2. The van der Waals surface area contributed by atoms with Crippen molar-refractivity contribution in [2.24, 2.45) is 0 Å². The smallest absolute Gasteiger partial charge is 0.254 e.